The van der Waals surface area contributed by atoms with Crippen LogP contribution < -0.4 is 0 Å². The van der Waals surface area contributed by atoms with Crippen molar-refractivity contribution in [3.8, 4) is 0 Å². The van der Waals surface area contributed by atoms with Gasteiger partial charge in [0.25, 0.3) is 0 Å². The van der Waals surface area contributed by atoms with Crippen molar-refractivity contribution in [2.24, 2.45) is 11.8 Å². The summed E-state index contributed by atoms with van der Waals surface area (Å²) in [5, 5.41) is 2.28. The van der Waals surface area contributed by atoms with Gasteiger partial charge >= 0.3 is 0 Å². The topological polar surface area (TPSA) is 46.6 Å². The van der Waals surface area contributed by atoms with Gasteiger partial charge in [-0.25, -0.2) is 0 Å². The predicted molar refractivity (Wildman–Crippen MR) is 84.3 cm³/mol. The van der Waals surface area contributed by atoms with Crippen LogP contribution in [0.15, 0.2) is 54.6 Å². The van der Waals surface area contributed by atoms with E-state index in [4.69, 9.17) is 4.74 Å². The normalized spacial score (nSPS) is 31.4. The van der Waals surface area contributed by atoms with E-state index in [0.717, 1.165) is 16.3 Å². The van der Waals surface area contributed by atoms with Gasteiger partial charge in [-0.1, -0.05) is 48.6 Å². The van der Waals surface area contributed by atoms with E-state index >= 15 is 0 Å². The first-order valence-electron chi connectivity index (χ1n) is 7.89. The molecule has 4 nitrogen and oxygen atoms in total. The number of benzene rings is 2. The highest BCUT2D eigenvalue weighted by molar-refractivity contribution is 6.06. The summed E-state index contributed by atoms with van der Waals surface area (Å²) in [5.41, 5.74) is 0.978. The maximum atomic E-state index is 12.6. The summed E-state index contributed by atoms with van der Waals surface area (Å²) in [6.07, 6.45) is 3.39. The minimum atomic E-state index is -0.321. The number of rotatable bonds is 2. The van der Waals surface area contributed by atoms with Crippen molar-refractivity contribution in [1.82, 2.24) is 4.90 Å². The number of carbonyl (C=O) groups is 2. The van der Waals surface area contributed by atoms with Gasteiger partial charge in [-0.15, -0.1) is 0 Å². The summed E-state index contributed by atoms with van der Waals surface area (Å²) in [7, 11) is 0. The molecule has 0 radical (unpaired) electrons. The van der Waals surface area contributed by atoms with Crippen molar-refractivity contribution in [2.45, 2.75) is 18.8 Å². The van der Waals surface area contributed by atoms with E-state index in [1.54, 1.807) is 0 Å². The first-order valence-corrected chi connectivity index (χ1v) is 7.89. The molecule has 2 fully saturated rings. The summed E-state index contributed by atoms with van der Waals surface area (Å²) in [6.45, 7) is 0.342. The lowest BCUT2D eigenvalue weighted by Gasteiger charge is -2.17. The molecule has 3 aliphatic rings. The van der Waals surface area contributed by atoms with Gasteiger partial charge in [0.1, 0.15) is 0 Å². The number of amides is 2. The number of nitrogens with zero attached hydrogens (tertiary/aromatic N) is 1. The maximum Gasteiger partial charge on any atom is 0.236 e. The standard InChI is InChI=1S/C19H15NO3/c21-18-16-14-7-8-15(23-14)17(16)19(22)20(18)10-11-5-6-12-3-1-2-4-13(12)9-11/h1-9,14-17H,10H2. The molecule has 0 aliphatic carbocycles. The molecule has 0 saturated carbocycles. The summed E-state index contributed by atoms with van der Waals surface area (Å²) < 4.78 is 5.66. The minimum absolute atomic E-state index is 0.0926. The molecule has 4 atom stereocenters. The van der Waals surface area contributed by atoms with Crippen LogP contribution in [-0.4, -0.2) is 28.9 Å². The smallest absolute Gasteiger partial charge is 0.236 e. The highest BCUT2D eigenvalue weighted by Gasteiger charge is 2.60. The molecule has 5 rings (SSSR count). The highest BCUT2D eigenvalue weighted by Crippen LogP contribution is 2.45. The van der Waals surface area contributed by atoms with Crippen LogP contribution in [0.4, 0.5) is 0 Å². The van der Waals surface area contributed by atoms with Gasteiger partial charge in [-0.2, -0.15) is 0 Å². The van der Waals surface area contributed by atoms with Crippen molar-refractivity contribution in [2.75, 3.05) is 0 Å². The number of fused-ring (bicyclic) bond motifs is 6. The van der Waals surface area contributed by atoms with Crippen LogP contribution in [0.25, 0.3) is 10.8 Å². The van der Waals surface area contributed by atoms with Gasteiger partial charge in [-0.3, -0.25) is 14.5 Å². The van der Waals surface area contributed by atoms with E-state index in [2.05, 4.69) is 6.07 Å². The van der Waals surface area contributed by atoms with Gasteiger partial charge in [0.15, 0.2) is 0 Å². The molecule has 0 N–H and O–H groups in total. The molecular weight excluding hydrogens is 290 g/mol. The van der Waals surface area contributed by atoms with Crippen molar-refractivity contribution in [3.05, 3.63) is 60.2 Å². The quantitative estimate of drug-likeness (QED) is 0.632. The fraction of sp³-hybridized carbons (Fsp3) is 0.263. The molecule has 2 aromatic carbocycles. The molecule has 0 aromatic heterocycles. The number of hydrogen-bond acceptors (Lipinski definition) is 3. The molecule has 23 heavy (non-hydrogen) atoms. The summed E-state index contributed by atoms with van der Waals surface area (Å²) >= 11 is 0. The van der Waals surface area contributed by atoms with Crippen LogP contribution in [0, 0.1) is 11.8 Å². The molecule has 2 saturated heterocycles. The second-order valence-corrected chi connectivity index (χ2v) is 6.45. The zero-order chi connectivity index (χ0) is 15.6. The van der Waals surface area contributed by atoms with Crippen LogP contribution in [0.5, 0.6) is 0 Å². The lowest BCUT2D eigenvalue weighted by molar-refractivity contribution is -0.143. The Morgan fingerprint density at radius 2 is 1.52 bits per heavy atom. The number of hydrogen-bond donors (Lipinski definition) is 0. The number of carbonyl (C=O) groups excluding carboxylic acids is 2. The maximum absolute atomic E-state index is 12.6. The molecule has 4 unspecified atom stereocenters. The third kappa shape index (κ3) is 1.75. The Labute approximate surface area is 133 Å². The average Bonchev–Trinajstić information content (AvgIpc) is 3.25. The summed E-state index contributed by atoms with van der Waals surface area (Å²) in [5.74, 6) is -0.828. The van der Waals surface area contributed by atoms with Crippen LogP contribution in [0.1, 0.15) is 5.56 Å². The predicted octanol–water partition coefficient (Wildman–Crippen LogP) is 2.28. The third-order valence-corrected chi connectivity index (χ3v) is 5.16. The lowest BCUT2D eigenvalue weighted by atomic mass is 9.85. The Bertz CT molecular complexity index is 842. The fourth-order valence-corrected chi connectivity index (χ4v) is 4.04. The van der Waals surface area contributed by atoms with E-state index in [-0.39, 0.29) is 35.9 Å². The Hall–Kier alpha value is -2.46. The van der Waals surface area contributed by atoms with Crippen LogP contribution in [0.2, 0.25) is 0 Å². The van der Waals surface area contributed by atoms with Crippen molar-refractivity contribution < 1.29 is 14.3 Å². The lowest BCUT2D eigenvalue weighted by Crippen LogP contribution is -2.33. The second-order valence-electron chi connectivity index (χ2n) is 6.45. The molecule has 0 spiro atoms. The zero-order valence-electron chi connectivity index (χ0n) is 12.4. The average molecular weight is 305 g/mol. The molecular formula is C19H15NO3. The monoisotopic (exact) mass is 305 g/mol. The van der Waals surface area contributed by atoms with Crippen molar-refractivity contribution in [1.29, 1.82) is 0 Å². The first kappa shape index (κ1) is 13.0. The van der Waals surface area contributed by atoms with Crippen LogP contribution in [-0.2, 0) is 20.9 Å². The van der Waals surface area contributed by atoms with Gasteiger partial charge in [0, 0.05) is 0 Å². The molecule has 2 amide bonds. The largest absolute Gasteiger partial charge is 0.365 e. The third-order valence-electron chi connectivity index (χ3n) is 5.16. The minimum Gasteiger partial charge on any atom is -0.365 e. The van der Waals surface area contributed by atoms with Gasteiger partial charge in [0.2, 0.25) is 11.8 Å². The van der Waals surface area contributed by atoms with Gasteiger partial charge < -0.3 is 4.74 Å². The van der Waals surface area contributed by atoms with E-state index in [1.807, 2.05) is 48.6 Å². The molecule has 4 heteroatoms. The molecule has 3 aliphatic heterocycles. The second kappa shape index (κ2) is 4.52. The van der Waals surface area contributed by atoms with Gasteiger partial charge in [0.05, 0.1) is 30.6 Å². The van der Waals surface area contributed by atoms with Crippen LogP contribution in [0.3, 0.4) is 0 Å². The molecule has 2 bridgehead atoms. The highest BCUT2D eigenvalue weighted by atomic mass is 16.5. The van der Waals surface area contributed by atoms with E-state index in [9.17, 15) is 9.59 Å². The Morgan fingerprint density at radius 1 is 0.870 bits per heavy atom. The summed E-state index contributed by atoms with van der Waals surface area (Å²) in [4.78, 5) is 26.7. The van der Waals surface area contributed by atoms with E-state index in [1.165, 1.54) is 4.90 Å². The van der Waals surface area contributed by atoms with Crippen LogP contribution >= 0.6 is 0 Å². The summed E-state index contributed by atoms with van der Waals surface area (Å²) in [6, 6.07) is 14.1. The molecule has 114 valence electrons. The Balaban J connectivity index is 1.46. The number of ether oxygens (including phenoxy) is 1. The number of imide groups is 1. The fourth-order valence-electron chi connectivity index (χ4n) is 4.04. The van der Waals surface area contributed by atoms with Crippen molar-refractivity contribution in [3.63, 3.8) is 0 Å². The first-order chi connectivity index (χ1) is 11.2. The SMILES string of the molecule is O=C1C2C3C=CC(O3)C2C(=O)N1Cc1ccc2ccccc2c1. The van der Waals surface area contributed by atoms with Crippen molar-refractivity contribution >= 4 is 22.6 Å². The van der Waals surface area contributed by atoms with E-state index < -0.39 is 0 Å². The Morgan fingerprint density at radius 3 is 2.22 bits per heavy atom. The zero-order valence-corrected chi connectivity index (χ0v) is 12.4. The van der Waals surface area contributed by atoms with E-state index in [0.29, 0.717) is 6.54 Å². The molecule has 2 aromatic rings. The molecule has 3 heterocycles. The number of likely N-dealkylation sites (tertiary alicyclic amines) is 1. The van der Waals surface area contributed by atoms with Gasteiger partial charge in [-0.05, 0) is 22.4 Å². The Kier molecular flexibility index (Phi) is 2.56.